The second-order valence-corrected chi connectivity index (χ2v) is 5.62. The first-order valence-electron chi connectivity index (χ1n) is 7.78. The van der Waals surface area contributed by atoms with E-state index >= 15 is 0 Å². The number of amides is 1. The highest BCUT2D eigenvalue weighted by molar-refractivity contribution is 6.02. The Kier molecular flexibility index (Phi) is 4.75. The molecule has 0 spiro atoms. The summed E-state index contributed by atoms with van der Waals surface area (Å²) < 4.78 is 14.1. The fourth-order valence-corrected chi connectivity index (χ4v) is 2.47. The van der Waals surface area contributed by atoms with Gasteiger partial charge in [-0.2, -0.15) is 5.10 Å². The summed E-state index contributed by atoms with van der Waals surface area (Å²) in [5.74, 6) is -1.28. The third-order valence-electron chi connectivity index (χ3n) is 3.73. The molecule has 0 aliphatic heterocycles. The minimum Gasteiger partial charge on any atom is -0.320 e. The maximum absolute atomic E-state index is 13.0. The number of hydrogen-bond acceptors (Lipinski definition) is 5. The van der Waals surface area contributed by atoms with Crippen molar-refractivity contribution >= 4 is 17.3 Å². The number of nitrogens with zero attached hydrogens (tertiary/aromatic N) is 3. The van der Waals surface area contributed by atoms with Crippen LogP contribution in [0.1, 0.15) is 16.2 Å². The van der Waals surface area contributed by atoms with Crippen LogP contribution in [0.15, 0.2) is 59.4 Å². The molecule has 0 unspecified atom stereocenters. The molecule has 0 bridgehead atoms. The molecular formula is C18H13FN4O4. The molecule has 3 rings (SSSR count). The second-order valence-electron chi connectivity index (χ2n) is 5.62. The van der Waals surface area contributed by atoms with Gasteiger partial charge in [0.25, 0.3) is 11.6 Å². The topological polar surface area (TPSA) is 107 Å². The zero-order valence-corrected chi connectivity index (χ0v) is 14.0. The lowest BCUT2D eigenvalue weighted by Gasteiger charge is -2.11. The number of hydrogen-bond donors (Lipinski definition) is 1. The van der Waals surface area contributed by atoms with Gasteiger partial charge in [-0.1, -0.05) is 12.1 Å². The Morgan fingerprint density at radius 1 is 1.19 bits per heavy atom. The van der Waals surface area contributed by atoms with E-state index in [0.29, 0.717) is 5.69 Å². The van der Waals surface area contributed by atoms with E-state index in [1.807, 2.05) is 0 Å². The molecular weight excluding hydrogens is 355 g/mol. The molecule has 9 heteroatoms. The summed E-state index contributed by atoms with van der Waals surface area (Å²) in [5.41, 5.74) is -0.574. The van der Waals surface area contributed by atoms with Crippen LogP contribution < -0.4 is 10.7 Å². The lowest BCUT2D eigenvalue weighted by atomic mass is 10.2. The normalized spacial score (nSPS) is 10.4. The predicted molar refractivity (Wildman–Crippen MR) is 95.6 cm³/mol. The van der Waals surface area contributed by atoms with E-state index in [0.717, 1.165) is 12.1 Å². The number of halogens is 1. The van der Waals surface area contributed by atoms with Crippen LogP contribution in [0.4, 0.5) is 15.8 Å². The highest BCUT2D eigenvalue weighted by atomic mass is 19.1. The summed E-state index contributed by atoms with van der Waals surface area (Å²) in [4.78, 5) is 35.3. The van der Waals surface area contributed by atoms with E-state index in [1.165, 1.54) is 41.1 Å². The Labute approximate surface area is 152 Å². The fourth-order valence-electron chi connectivity index (χ4n) is 2.47. The number of rotatable bonds is 4. The maximum Gasteiger partial charge on any atom is 0.294 e. The highest BCUT2D eigenvalue weighted by Crippen LogP contribution is 2.22. The number of anilines is 1. The maximum atomic E-state index is 13.0. The molecule has 8 nitrogen and oxygen atoms in total. The van der Waals surface area contributed by atoms with Crippen molar-refractivity contribution in [3.8, 4) is 5.69 Å². The minimum atomic E-state index is -0.807. The molecule has 2 aromatic carbocycles. The molecule has 3 aromatic rings. The number of benzene rings is 2. The molecule has 1 N–H and O–H groups in total. The summed E-state index contributed by atoms with van der Waals surface area (Å²) >= 11 is 0. The second kappa shape index (κ2) is 7.16. The number of nitro benzene ring substituents is 1. The van der Waals surface area contributed by atoms with Crippen molar-refractivity contribution in [3.05, 3.63) is 92.1 Å². The van der Waals surface area contributed by atoms with Crippen LogP contribution in [0, 0.1) is 22.9 Å². The molecule has 27 heavy (non-hydrogen) atoms. The van der Waals surface area contributed by atoms with Crippen molar-refractivity contribution in [3.63, 3.8) is 0 Å². The summed E-state index contributed by atoms with van der Waals surface area (Å²) in [6.07, 6.45) is 0. The smallest absolute Gasteiger partial charge is 0.294 e. The number of aryl methyl sites for hydroxylation is 1. The van der Waals surface area contributed by atoms with E-state index in [2.05, 4.69) is 10.4 Å². The number of carbonyl (C=O) groups is 1. The van der Waals surface area contributed by atoms with E-state index < -0.39 is 27.8 Å². The fraction of sp³-hybridized carbons (Fsp3) is 0.0556. The van der Waals surface area contributed by atoms with Gasteiger partial charge < -0.3 is 5.32 Å². The molecule has 0 radical (unpaired) electrons. The summed E-state index contributed by atoms with van der Waals surface area (Å²) in [6, 6.07) is 12.0. The number of carbonyl (C=O) groups excluding carboxylic acids is 1. The van der Waals surface area contributed by atoms with Gasteiger partial charge in [0.2, 0.25) is 5.43 Å². The van der Waals surface area contributed by atoms with Crippen LogP contribution in [0.25, 0.3) is 5.69 Å². The van der Waals surface area contributed by atoms with Crippen LogP contribution in [0.3, 0.4) is 0 Å². The average molecular weight is 368 g/mol. The van der Waals surface area contributed by atoms with Crippen LogP contribution >= 0.6 is 0 Å². The molecule has 0 fully saturated rings. The van der Waals surface area contributed by atoms with Gasteiger partial charge in [0.1, 0.15) is 11.5 Å². The van der Waals surface area contributed by atoms with E-state index in [1.54, 1.807) is 13.0 Å². The summed E-state index contributed by atoms with van der Waals surface area (Å²) in [7, 11) is 0. The first-order valence-corrected chi connectivity index (χ1v) is 7.78. The van der Waals surface area contributed by atoms with Gasteiger partial charge >= 0.3 is 0 Å². The number of para-hydroxylation sites is 2. The van der Waals surface area contributed by atoms with E-state index in [9.17, 15) is 24.1 Å². The third kappa shape index (κ3) is 3.71. The summed E-state index contributed by atoms with van der Waals surface area (Å²) in [5, 5.41) is 17.7. The van der Waals surface area contributed by atoms with Crippen LogP contribution in [-0.4, -0.2) is 20.6 Å². The first-order chi connectivity index (χ1) is 12.9. The third-order valence-corrected chi connectivity index (χ3v) is 3.73. The Balaban J connectivity index is 2.05. The monoisotopic (exact) mass is 368 g/mol. The van der Waals surface area contributed by atoms with Crippen molar-refractivity contribution in [2.24, 2.45) is 0 Å². The van der Waals surface area contributed by atoms with Crippen LogP contribution in [0.5, 0.6) is 0 Å². The molecule has 0 aliphatic rings. The lowest BCUT2D eigenvalue weighted by molar-refractivity contribution is -0.384. The molecule has 0 aliphatic carbocycles. The van der Waals surface area contributed by atoms with Gasteiger partial charge in [0, 0.05) is 23.5 Å². The largest absolute Gasteiger partial charge is 0.320 e. The first kappa shape index (κ1) is 17.9. The van der Waals surface area contributed by atoms with E-state index in [-0.39, 0.29) is 17.1 Å². The minimum absolute atomic E-state index is 0.121. The lowest BCUT2D eigenvalue weighted by Crippen LogP contribution is -2.27. The van der Waals surface area contributed by atoms with E-state index in [4.69, 9.17) is 0 Å². The highest BCUT2D eigenvalue weighted by Gasteiger charge is 2.20. The average Bonchev–Trinajstić information content (AvgIpc) is 2.63. The van der Waals surface area contributed by atoms with Gasteiger partial charge in [-0.25, -0.2) is 9.07 Å². The zero-order chi connectivity index (χ0) is 19.6. The summed E-state index contributed by atoms with van der Waals surface area (Å²) in [6.45, 7) is 1.55. The van der Waals surface area contributed by atoms with Gasteiger partial charge in [-0.05, 0) is 37.3 Å². The van der Waals surface area contributed by atoms with Crippen molar-refractivity contribution in [1.29, 1.82) is 0 Å². The Morgan fingerprint density at radius 3 is 2.52 bits per heavy atom. The van der Waals surface area contributed by atoms with Gasteiger partial charge in [0.15, 0.2) is 5.69 Å². The van der Waals surface area contributed by atoms with Gasteiger partial charge in [-0.3, -0.25) is 19.7 Å². The predicted octanol–water partition coefficient (Wildman–Crippen LogP) is 2.84. The molecule has 136 valence electrons. The van der Waals surface area contributed by atoms with Crippen LogP contribution in [-0.2, 0) is 0 Å². The Hall–Kier alpha value is -3.88. The molecule has 1 amide bonds. The van der Waals surface area contributed by atoms with Crippen molar-refractivity contribution < 1.29 is 14.1 Å². The number of nitrogens with one attached hydrogen (secondary N) is 1. The SMILES string of the molecule is Cc1cc(=O)c(C(=O)Nc2ccc(F)cc2)nn1-c1ccccc1[N+](=O)[O-]. The van der Waals surface area contributed by atoms with Crippen molar-refractivity contribution in [2.75, 3.05) is 5.32 Å². The van der Waals surface area contributed by atoms with Crippen molar-refractivity contribution in [1.82, 2.24) is 9.78 Å². The molecule has 1 heterocycles. The quantitative estimate of drug-likeness (QED) is 0.563. The van der Waals surface area contributed by atoms with Crippen LogP contribution in [0.2, 0.25) is 0 Å². The molecule has 0 saturated carbocycles. The van der Waals surface area contributed by atoms with Gasteiger partial charge in [0.05, 0.1) is 4.92 Å². The Bertz CT molecular complexity index is 1090. The molecule has 1 aromatic heterocycles. The van der Waals surface area contributed by atoms with Crippen molar-refractivity contribution in [2.45, 2.75) is 6.92 Å². The molecule has 0 atom stereocenters. The Morgan fingerprint density at radius 2 is 1.85 bits per heavy atom. The van der Waals surface area contributed by atoms with Gasteiger partial charge in [-0.15, -0.1) is 0 Å². The number of nitro groups is 1. The number of aromatic nitrogens is 2. The zero-order valence-electron chi connectivity index (χ0n) is 14.0. The standard InChI is InChI=1S/C18H13FN4O4/c1-11-10-16(24)17(18(25)20-13-8-6-12(19)7-9-13)21-22(11)14-4-2-3-5-15(14)23(26)27/h2-10H,1H3,(H,20,25). The molecule has 0 saturated heterocycles.